The first-order chi connectivity index (χ1) is 8.59. The van der Waals surface area contributed by atoms with E-state index in [1.54, 1.807) is 0 Å². The van der Waals surface area contributed by atoms with E-state index in [0.717, 1.165) is 11.8 Å². The molecule has 0 amide bonds. The highest BCUT2D eigenvalue weighted by atomic mass is 14.7. The van der Waals surface area contributed by atoms with E-state index in [2.05, 4.69) is 44.2 Å². The lowest BCUT2D eigenvalue weighted by Crippen LogP contribution is -2.43. The standard InChI is InChI=1S/C17H27N/c1-14(2)8-11-17(18)12-9-16(10-13-17)15-6-4-3-5-7-15/h3-7,14,16H,8-13,18H2,1-2H3. The van der Waals surface area contributed by atoms with Gasteiger partial charge in [-0.2, -0.15) is 0 Å². The van der Waals surface area contributed by atoms with Crippen LogP contribution in [0.3, 0.4) is 0 Å². The van der Waals surface area contributed by atoms with Crippen LogP contribution in [0.4, 0.5) is 0 Å². The Labute approximate surface area is 112 Å². The summed E-state index contributed by atoms with van der Waals surface area (Å²) < 4.78 is 0. The minimum Gasteiger partial charge on any atom is -0.325 e. The van der Waals surface area contributed by atoms with Crippen LogP contribution in [0.25, 0.3) is 0 Å². The molecule has 0 atom stereocenters. The minimum absolute atomic E-state index is 0.121. The average molecular weight is 245 g/mol. The summed E-state index contributed by atoms with van der Waals surface area (Å²) in [5.41, 5.74) is 8.17. The third-order valence-corrected chi connectivity index (χ3v) is 4.47. The summed E-state index contributed by atoms with van der Waals surface area (Å²) in [6.45, 7) is 4.58. The lowest BCUT2D eigenvalue weighted by atomic mass is 9.72. The summed E-state index contributed by atoms with van der Waals surface area (Å²) in [6, 6.07) is 10.9. The van der Waals surface area contributed by atoms with Crippen molar-refractivity contribution < 1.29 is 0 Å². The van der Waals surface area contributed by atoms with Gasteiger partial charge in [0, 0.05) is 5.54 Å². The average Bonchev–Trinajstić information content (AvgIpc) is 2.39. The van der Waals surface area contributed by atoms with Crippen LogP contribution >= 0.6 is 0 Å². The number of hydrogen-bond donors (Lipinski definition) is 1. The molecule has 1 aliphatic rings. The Balaban J connectivity index is 1.87. The first-order valence-electron chi connectivity index (χ1n) is 7.43. The van der Waals surface area contributed by atoms with Crippen molar-refractivity contribution in [1.82, 2.24) is 0 Å². The SMILES string of the molecule is CC(C)CCC1(N)CCC(c2ccccc2)CC1. The monoisotopic (exact) mass is 245 g/mol. The molecule has 18 heavy (non-hydrogen) atoms. The second-order valence-electron chi connectivity index (χ2n) is 6.48. The van der Waals surface area contributed by atoms with Gasteiger partial charge in [-0.15, -0.1) is 0 Å². The largest absolute Gasteiger partial charge is 0.325 e. The lowest BCUT2D eigenvalue weighted by molar-refractivity contribution is 0.243. The molecule has 1 saturated carbocycles. The van der Waals surface area contributed by atoms with E-state index in [9.17, 15) is 0 Å². The third-order valence-electron chi connectivity index (χ3n) is 4.47. The first-order valence-corrected chi connectivity index (χ1v) is 7.43. The van der Waals surface area contributed by atoms with Crippen LogP contribution in [0, 0.1) is 5.92 Å². The smallest absolute Gasteiger partial charge is 0.0154 e. The van der Waals surface area contributed by atoms with E-state index in [4.69, 9.17) is 5.73 Å². The summed E-state index contributed by atoms with van der Waals surface area (Å²) >= 11 is 0. The van der Waals surface area contributed by atoms with Gasteiger partial charge in [0.2, 0.25) is 0 Å². The van der Waals surface area contributed by atoms with Crippen molar-refractivity contribution in [2.24, 2.45) is 11.7 Å². The molecule has 1 aromatic rings. The van der Waals surface area contributed by atoms with Gasteiger partial charge in [0.05, 0.1) is 0 Å². The Hall–Kier alpha value is -0.820. The van der Waals surface area contributed by atoms with E-state index in [1.807, 2.05) is 0 Å². The van der Waals surface area contributed by atoms with E-state index >= 15 is 0 Å². The molecule has 2 N–H and O–H groups in total. The van der Waals surface area contributed by atoms with E-state index in [1.165, 1.54) is 44.1 Å². The predicted molar refractivity (Wildman–Crippen MR) is 78.6 cm³/mol. The molecule has 1 aliphatic carbocycles. The molecule has 0 unspecified atom stereocenters. The number of nitrogens with two attached hydrogens (primary N) is 1. The maximum Gasteiger partial charge on any atom is 0.0154 e. The Kier molecular flexibility index (Phi) is 4.45. The zero-order valence-corrected chi connectivity index (χ0v) is 11.9. The maximum atomic E-state index is 6.55. The fraction of sp³-hybridized carbons (Fsp3) is 0.647. The van der Waals surface area contributed by atoms with Crippen molar-refractivity contribution in [2.45, 2.75) is 63.8 Å². The number of rotatable bonds is 4. The molecule has 1 nitrogen and oxygen atoms in total. The molecular weight excluding hydrogens is 218 g/mol. The molecular formula is C17H27N. The molecule has 1 fully saturated rings. The molecule has 0 radical (unpaired) electrons. The Morgan fingerprint density at radius 2 is 1.78 bits per heavy atom. The fourth-order valence-corrected chi connectivity index (χ4v) is 3.08. The van der Waals surface area contributed by atoms with E-state index in [-0.39, 0.29) is 5.54 Å². The second kappa shape index (κ2) is 5.88. The summed E-state index contributed by atoms with van der Waals surface area (Å²) in [4.78, 5) is 0. The zero-order chi connectivity index (χ0) is 13.0. The molecule has 0 aromatic heterocycles. The van der Waals surface area contributed by atoms with Crippen LogP contribution in [0.2, 0.25) is 0 Å². The van der Waals surface area contributed by atoms with Gasteiger partial charge >= 0.3 is 0 Å². The molecule has 1 aromatic carbocycles. The van der Waals surface area contributed by atoms with Crippen molar-refractivity contribution >= 4 is 0 Å². The fourth-order valence-electron chi connectivity index (χ4n) is 3.08. The van der Waals surface area contributed by atoms with Gasteiger partial charge in [-0.3, -0.25) is 0 Å². The highest BCUT2D eigenvalue weighted by Gasteiger charge is 2.31. The highest BCUT2D eigenvalue weighted by molar-refractivity contribution is 5.20. The molecule has 2 rings (SSSR count). The molecule has 0 heterocycles. The van der Waals surface area contributed by atoms with Gasteiger partial charge in [0.25, 0.3) is 0 Å². The second-order valence-corrected chi connectivity index (χ2v) is 6.48. The quantitative estimate of drug-likeness (QED) is 0.831. The van der Waals surface area contributed by atoms with Crippen molar-refractivity contribution in [1.29, 1.82) is 0 Å². The normalized spacial score (nSPS) is 28.6. The Morgan fingerprint density at radius 3 is 2.33 bits per heavy atom. The van der Waals surface area contributed by atoms with Crippen LogP contribution < -0.4 is 5.73 Å². The van der Waals surface area contributed by atoms with Crippen molar-refractivity contribution in [2.75, 3.05) is 0 Å². The van der Waals surface area contributed by atoms with Crippen LogP contribution in [0.5, 0.6) is 0 Å². The van der Waals surface area contributed by atoms with Crippen molar-refractivity contribution in [3.8, 4) is 0 Å². The van der Waals surface area contributed by atoms with Gasteiger partial charge in [-0.1, -0.05) is 44.2 Å². The minimum atomic E-state index is 0.121. The molecule has 0 spiro atoms. The van der Waals surface area contributed by atoms with E-state index < -0.39 is 0 Å². The van der Waals surface area contributed by atoms with Crippen LogP contribution in [-0.2, 0) is 0 Å². The van der Waals surface area contributed by atoms with Gasteiger partial charge in [0.15, 0.2) is 0 Å². The summed E-state index contributed by atoms with van der Waals surface area (Å²) in [6.07, 6.45) is 7.38. The number of hydrogen-bond acceptors (Lipinski definition) is 1. The van der Waals surface area contributed by atoms with E-state index in [0.29, 0.717) is 0 Å². The van der Waals surface area contributed by atoms with Gasteiger partial charge in [-0.25, -0.2) is 0 Å². The molecule has 100 valence electrons. The topological polar surface area (TPSA) is 26.0 Å². The van der Waals surface area contributed by atoms with Crippen molar-refractivity contribution in [3.63, 3.8) is 0 Å². The highest BCUT2D eigenvalue weighted by Crippen LogP contribution is 2.39. The molecule has 0 bridgehead atoms. The zero-order valence-electron chi connectivity index (χ0n) is 11.9. The van der Waals surface area contributed by atoms with Gasteiger partial charge < -0.3 is 5.73 Å². The molecule has 1 heteroatoms. The Bertz CT molecular complexity index is 347. The first kappa shape index (κ1) is 13.6. The number of benzene rings is 1. The van der Waals surface area contributed by atoms with Crippen LogP contribution in [0.15, 0.2) is 30.3 Å². The molecule has 0 saturated heterocycles. The Morgan fingerprint density at radius 1 is 1.17 bits per heavy atom. The van der Waals surface area contributed by atoms with Crippen molar-refractivity contribution in [3.05, 3.63) is 35.9 Å². The third kappa shape index (κ3) is 3.58. The van der Waals surface area contributed by atoms with Gasteiger partial charge in [0.1, 0.15) is 0 Å². The molecule has 0 aliphatic heterocycles. The van der Waals surface area contributed by atoms with Gasteiger partial charge in [-0.05, 0) is 55.9 Å². The van der Waals surface area contributed by atoms with Crippen LogP contribution in [0.1, 0.15) is 63.9 Å². The summed E-state index contributed by atoms with van der Waals surface area (Å²) in [7, 11) is 0. The maximum absolute atomic E-state index is 6.55. The lowest BCUT2D eigenvalue weighted by Gasteiger charge is -2.38. The predicted octanol–water partition coefficient (Wildman–Crippen LogP) is 4.48. The van der Waals surface area contributed by atoms with Crippen LogP contribution in [-0.4, -0.2) is 5.54 Å². The summed E-state index contributed by atoms with van der Waals surface area (Å²) in [5, 5.41) is 0. The summed E-state index contributed by atoms with van der Waals surface area (Å²) in [5.74, 6) is 1.51.